The summed E-state index contributed by atoms with van der Waals surface area (Å²) < 4.78 is 26.4. The van der Waals surface area contributed by atoms with Crippen molar-refractivity contribution >= 4 is 62.9 Å². The van der Waals surface area contributed by atoms with Gasteiger partial charge < -0.3 is 10.6 Å². The number of thiophene rings is 1. The summed E-state index contributed by atoms with van der Waals surface area (Å²) in [5, 5.41) is 8.62. The molecule has 2 aromatic heterocycles. The third-order valence-electron chi connectivity index (χ3n) is 3.68. The van der Waals surface area contributed by atoms with Crippen LogP contribution < -0.4 is 10.6 Å². The van der Waals surface area contributed by atoms with Crippen LogP contribution in [-0.2, 0) is 16.4 Å². The lowest BCUT2D eigenvalue weighted by atomic mass is 10.2. The van der Waals surface area contributed by atoms with E-state index in [1.165, 1.54) is 15.6 Å². The Hall–Kier alpha value is -0.950. The van der Waals surface area contributed by atoms with Gasteiger partial charge in [-0.2, -0.15) is 4.31 Å². The second kappa shape index (κ2) is 12.6. The SMILES string of the molecule is CCNC(=NCCN(C)S(=O)(=O)c1cccs1)NCCc1ccc(Cl)nc1.I. The average Bonchev–Trinajstić information content (AvgIpc) is 3.19. The van der Waals surface area contributed by atoms with E-state index in [1.807, 2.05) is 13.0 Å². The van der Waals surface area contributed by atoms with Gasteiger partial charge in [0.25, 0.3) is 10.0 Å². The Balaban J connectivity index is 0.00000392. The minimum absolute atomic E-state index is 0. The van der Waals surface area contributed by atoms with Gasteiger partial charge in [-0.1, -0.05) is 23.7 Å². The van der Waals surface area contributed by atoms with Gasteiger partial charge in [0.05, 0.1) is 6.54 Å². The van der Waals surface area contributed by atoms with Gasteiger partial charge in [0.1, 0.15) is 9.36 Å². The Morgan fingerprint density at radius 2 is 2.11 bits per heavy atom. The van der Waals surface area contributed by atoms with Gasteiger partial charge >= 0.3 is 0 Å². The molecule has 28 heavy (non-hydrogen) atoms. The van der Waals surface area contributed by atoms with Crippen LogP contribution in [0.25, 0.3) is 0 Å². The summed E-state index contributed by atoms with van der Waals surface area (Å²) in [5.41, 5.74) is 1.07. The minimum Gasteiger partial charge on any atom is -0.357 e. The van der Waals surface area contributed by atoms with Gasteiger partial charge in [0, 0.05) is 32.9 Å². The third-order valence-corrected chi connectivity index (χ3v) is 7.14. The lowest BCUT2D eigenvalue weighted by molar-refractivity contribution is 0.478. The highest BCUT2D eigenvalue weighted by atomic mass is 127. The fourth-order valence-electron chi connectivity index (χ4n) is 2.21. The molecule has 0 fully saturated rings. The number of rotatable bonds is 9. The Morgan fingerprint density at radius 3 is 2.71 bits per heavy atom. The predicted molar refractivity (Wildman–Crippen MR) is 126 cm³/mol. The highest BCUT2D eigenvalue weighted by molar-refractivity contribution is 14.0. The minimum atomic E-state index is -3.44. The molecular formula is C17H25ClIN5O2S2. The number of guanidine groups is 1. The van der Waals surface area contributed by atoms with E-state index in [4.69, 9.17) is 11.6 Å². The molecule has 0 unspecified atom stereocenters. The summed E-state index contributed by atoms with van der Waals surface area (Å²) in [6.07, 6.45) is 2.53. The molecule has 0 bridgehead atoms. The second-order valence-electron chi connectivity index (χ2n) is 5.69. The van der Waals surface area contributed by atoms with E-state index in [2.05, 4.69) is 20.6 Å². The van der Waals surface area contributed by atoms with E-state index in [1.54, 1.807) is 36.8 Å². The molecule has 0 atom stereocenters. The Labute approximate surface area is 192 Å². The highest BCUT2D eigenvalue weighted by Crippen LogP contribution is 2.19. The zero-order chi connectivity index (χ0) is 19.7. The van der Waals surface area contributed by atoms with Crippen LogP contribution in [0.4, 0.5) is 0 Å². The first-order valence-electron chi connectivity index (χ1n) is 8.56. The molecule has 0 aliphatic heterocycles. The fraction of sp³-hybridized carbons (Fsp3) is 0.412. The number of halogens is 2. The Bertz CT molecular complexity index is 830. The van der Waals surface area contributed by atoms with Crippen LogP contribution in [0.5, 0.6) is 0 Å². The van der Waals surface area contributed by atoms with Crippen LogP contribution in [0.15, 0.2) is 45.0 Å². The Morgan fingerprint density at radius 1 is 1.32 bits per heavy atom. The van der Waals surface area contributed by atoms with E-state index in [0.29, 0.717) is 35.0 Å². The van der Waals surface area contributed by atoms with Gasteiger partial charge in [-0.25, -0.2) is 13.4 Å². The normalized spacial score (nSPS) is 11.9. The summed E-state index contributed by atoms with van der Waals surface area (Å²) >= 11 is 7.00. The van der Waals surface area contributed by atoms with E-state index in [-0.39, 0.29) is 24.0 Å². The summed E-state index contributed by atoms with van der Waals surface area (Å²) in [7, 11) is -1.87. The lowest BCUT2D eigenvalue weighted by Crippen LogP contribution is -2.39. The van der Waals surface area contributed by atoms with Crippen molar-refractivity contribution in [1.29, 1.82) is 0 Å². The molecule has 156 valence electrons. The molecule has 0 amide bonds. The summed E-state index contributed by atoms with van der Waals surface area (Å²) in [5.74, 6) is 0.654. The molecule has 11 heteroatoms. The molecule has 0 aliphatic carbocycles. The number of nitrogens with one attached hydrogen (secondary N) is 2. The number of nitrogens with zero attached hydrogens (tertiary/aromatic N) is 3. The molecular weight excluding hydrogens is 533 g/mol. The van der Waals surface area contributed by atoms with Crippen molar-refractivity contribution in [2.75, 3.05) is 33.2 Å². The van der Waals surface area contributed by atoms with Gasteiger partial charge in [0.2, 0.25) is 0 Å². The molecule has 2 rings (SSSR count). The van der Waals surface area contributed by atoms with Crippen LogP contribution in [0, 0.1) is 0 Å². The predicted octanol–water partition coefficient (Wildman–Crippen LogP) is 2.83. The molecule has 0 aromatic carbocycles. The second-order valence-corrected chi connectivity index (χ2v) is 9.29. The molecule has 2 heterocycles. The molecule has 2 N–H and O–H groups in total. The standard InChI is InChI=1S/C17H24ClN5O2S2.HI/c1-3-19-17(20-9-8-14-6-7-15(18)22-13-14)21-10-11-23(2)27(24,25)16-5-4-12-26-16;/h4-7,12-13H,3,8-11H2,1-2H3,(H2,19,20,21);1H. The molecule has 0 spiro atoms. The highest BCUT2D eigenvalue weighted by Gasteiger charge is 2.21. The number of aromatic nitrogens is 1. The first kappa shape index (κ1) is 25.1. The van der Waals surface area contributed by atoms with E-state index in [9.17, 15) is 8.42 Å². The van der Waals surface area contributed by atoms with E-state index in [0.717, 1.165) is 18.5 Å². The van der Waals surface area contributed by atoms with Crippen LogP contribution in [0.3, 0.4) is 0 Å². The van der Waals surface area contributed by atoms with Gasteiger partial charge in [0.15, 0.2) is 5.96 Å². The van der Waals surface area contributed by atoms with Crippen molar-refractivity contribution in [3.8, 4) is 0 Å². The number of pyridine rings is 1. The zero-order valence-electron chi connectivity index (χ0n) is 15.8. The number of likely N-dealkylation sites (N-methyl/N-ethyl adjacent to an activating group) is 1. The van der Waals surface area contributed by atoms with Crippen molar-refractivity contribution in [1.82, 2.24) is 19.9 Å². The van der Waals surface area contributed by atoms with Crippen LogP contribution in [-0.4, -0.2) is 56.9 Å². The van der Waals surface area contributed by atoms with Gasteiger partial charge in [-0.15, -0.1) is 35.3 Å². The van der Waals surface area contributed by atoms with Crippen molar-refractivity contribution < 1.29 is 8.42 Å². The number of hydrogen-bond donors (Lipinski definition) is 2. The van der Waals surface area contributed by atoms with E-state index >= 15 is 0 Å². The van der Waals surface area contributed by atoms with Crippen LogP contribution >= 0.6 is 46.9 Å². The van der Waals surface area contributed by atoms with Crippen LogP contribution in [0.1, 0.15) is 12.5 Å². The third kappa shape index (κ3) is 7.82. The van der Waals surface area contributed by atoms with Crippen molar-refractivity contribution in [2.24, 2.45) is 4.99 Å². The summed E-state index contributed by atoms with van der Waals surface area (Å²) in [6, 6.07) is 7.04. The van der Waals surface area contributed by atoms with Gasteiger partial charge in [-0.3, -0.25) is 4.99 Å². The topological polar surface area (TPSA) is 86.7 Å². The molecule has 0 radical (unpaired) electrons. The molecule has 7 nitrogen and oxygen atoms in total. The largest absolute Gasteiger partial charge is 0.357 e. The summed E-state index contributed by atoms with van der Waals surface area (Å²) in [4.78, 5) is 8.51. The first-order valence-corrected chi connectivity index (χ1v) is 11.3. The van der Waals surface area contributed by atoms with Crippen molar-refractivity contribution in [3.05, 3.63) is 46.6 Å². The Kier molecular flexibility index (Phi) is 11.3. The monoisotopic (exact) mass is 557 g/mol. The quantitative estimate of drug-likeness (QED) is 0.214. The van der Waals surface area contributed by atoms with Crippen LogP contribution in [0.2, 0.25) is 5.15 Å². The zero-order valence-corrected chi connectivity index (χ0v) is 20.5. The molecule has 0 saturated heterocycles. The van der Waals surface area contributed by atoms with E-state index < -0.39 is 10.0 Å². The lowest BCUT2D eigenvalue weighted by Gasteiger charge is -2.16. The maximum Gasteiger partial charge on any atom is 0.252 e. The molecule has 2 aromatic rings. The maximum absolute atomic E-state index is 12.4. The number of aliphatic imine (C=N–C) groups is 1. The molecule has 0 saturated carbocycles. The average molecular weight is 558 g/mol. The fourth-order valence-corrected chi connectivity index (χ4v) is 4.68. The molecule has 0 aliphatic rings. The first-order chi connectivity index (χ1) is 12.9. The van der Waals surface area contributed by atoms with Gasteiger partial charge in [-0.05, 0) is 36.4 Å². The number of sulfonamides is 1. The number of hydrogen-bond acceptors (Lipinski definition) is 5. The van der Waals surface area contributed by atoms with Crippen molar-refractivity contribution in [2.45, 2.75) is 17.6 Å². The maximum atomic E-state index is 12.4. The summed E-state index contributed by atoms with van der Waals surface area (Å²) in [6.45, 7) is 4.04. The van der Waals surface area contributed by atoms with Crippen molar-refractivity contribution in [3.63, 3.8) is 0 Å². The smallest absolute Gasteiger partial charge is 0.252 e.